The van der Waals surface area contributed by atoms with Crippen molar-refractivity contribution in [1.82, 2.24) is 9.97 Å². The molecular weight excluding hydrogens is 471 g/mol. The number of carbonyl (C=O) groups excluding carboxylic acids is 1. The first-order valence-electron chi connectivity index (χ1n) is 11.5. The molecule has 2 N–H and O–H groups in total. The minimum Gasteiger partial charge on any atom is -0.390 e. The number of pyridine rings is 2. The SMILES string of the molecule is C/C=C(\C)[C@H]1O[C@@H](c2ccncc2NC(=O)c2ccc(F)c(-c3c(F)cc(C)cc3F)n2)CC[C@@H]1O. The number of aromatic nitrogens is 2. The van der Waals surface area contributed by atoms with E-state index in [0.717, 1.165) is 29.8 Å². The van der Waals surface area contributed by atoms with Crippen LogP contribution < -0.4 is 5.32 Å². The highest BCUT2D eigenvalue weighted by Crippen LogP contribution is 2.37. The van der Waals surface area contributed by atoms with Gasteiger partial charge in [-0.15, -0.1) is 0 Å². The van der Waals surface area contributed by atoms with Crippen molar-refractivity contribution in [2.75, 3.05) is 5.32 Å². The van der Waals surface area contributed by atoms with Gasteiger partial charge in [-0.05, 0) is 75.1 Å². The molecule has 3 aromatic rings. The highest BCUT2D eigenvalue weighted by Gasteiger charge is 2.33. The average molecular weight is 498 g/mol. The van der Waals surface area contributed by atoms with Crippen LogP contribution in [0.25, 0.3) is 11.3 Å². The van der Waals surface area contributed by atoms with Gasteiger partial charge in [-0.2, -0.15) is 0 Å². The number of nitrogens with one attached hydrogen (secondary N) is 1. The first kappa shape index (κ1) is 25.5. The summed E-state index contributed by atoms with van der Waals surface area (Å²) in [5, 5.41) is 13.1. The molecule has 9 heteroatoms. The van der Waals surface area contributed by atoms with Gasteiger partial charge in [-0.3, -0.25) is 9.78 Å². The van der Waals surface area contributed by atoms with Crippen LogP contribution in [0.3, 0.4) is 0 Å². The first-order chi connectivity index (χ1) is 17.2. The lowest BCUT2D eigenvalue weighted by Crippen LogP contribution is -2.36. The molecule has 2 aromatic heterocycles. The van der Waals surface area contributed by atoms with Crippen LogP contribution in [0.2, 0.25) is 0 Å². The summed E-state index contributed by atoms with van der Waals surface area (Å²) in [5.41, 5.74) is 0.746. The van der Waals surface area contributed by atoms with Crippen molar-refractivity contribution >= 4 is 11.6 Å². The van der Waals surface area contributed by atoms with Crippen molar-refractivity contribution in [1.29, 1.82) is 0 Å². The molecule has 0 aliphatic carbocycles. The molecule has 0 bridgehead atoms. The Labute approximate surface area is 206 Å². The Kier molecular flexibility index (Phi) is 7.51. The number of hydrogen-bond donors (Lipinski definition) is 2. The predicted molar refractivity (Wildman–Crippen MR) is 129 cm³/mol. The van der Waals surface area contributed by atoms with Gasteiger partial charge in [0.15, 0.2) is 0 Å². The number of anilines is 1. The predicted octanol–water partition coefficient (Wildman–Crippen LogP) is 5.67. The molecule has 6 nitrogen and oxygen atoms in total. The number of aliphatic hydroxyl groups is 1. The van der Waals surface area contributed by atoms with E-state index in [-0.39, 0.29) is 5.69 Å². The molecule has 3 heterocycles. The Balaban J connectivity index is 1.62. The summed E-state index contributed by atoms with van der Waals surface area (Å²) in [6, 6.07) is 5.92. The average Bonchev–Trinajstić information content (AvgIpc) is 2.84. The zero-order valence-corrected chi connectivity index (χ0v) is 20.1. The van der Waals surface area contributed by atoms with Crippen LogP contribution in [0, 0.1) is 24.4 Å². The summed E-state index contributed by atoms with van der Waals surface area (Å²) in [7, 11) is 0. The van der Waals surface area contributed by atoms with Gasteiger partial charge in [0.25, 0.3) is 5.91 Å². The van der Waals surface area contributed by atoms with Crippen molar-refractivity contribution in [3.8, 4) is 11.3 Å². The van der Waals surface area contributed by atoms with Crippen molar-refractivity contribution in [3.05, 3.63) is 88.6 Å². The van der Waals surface area contributed by atoms with Crippen molar-refractivity contribution < 1.29 is 27.8 Å². The standard InChI is InChI=1S/C27H26F3N3O3/c1-4-15(3)26-22(34)7-8-23(36-26)16-9-10-31-13-21(16)33-27(35)20-6-5-17(28)25(32-20)24-18(29)11-14(2)12-19(24)30/h4-6,9-13,22-23,26,34H,7-8H2,1-3H3,(H,33,35)/b15-4+/t22-,23+,26+/m0/s1. The molecule has 4 rings (SSSR count). The number of aryl methyl sites for hydroxylation is 1. The smallest absolute Gasteiger partial charge is 0.274 e. The summed E-state index contributed by atoms with van der Waals surface area (Å²) in [5.74, 6) is -3.63. The maximum Gasteiger partial charge on any atom is 0.274 e. The zero-order chi connectivity index (χ0) is 26.0. The van der Waals surface area contributed by atoms with Gasteiger partial charge in [0.1, 0.15) is 34.9 Å². The molecule has 0 spiro atoms. The number of nitrogens with zero attached hydrogens (tertiary/aromatic N) is 2. The van der Waals surface area contributed by atoms with Crippen molar-refractivity contribution in [3.63, 3.8) is 0 Å². The van der Waals surface area contributed by atoms with E-state index in [4.69, 9.17) is 4.74 Å². The molecule has 0 radical (unpaired) electrons. The van der Waals surface area contributed by atoms with Crippen molar-refractivity contribution in [2.24, 2.45) is 0 Å². The lowest BCUT2D eigenvalue weighted by atomic mass is 9.93. The van der Waals surface area contributed by atoms with Gasteiger partial charge >= 0.3 is 0 Å². The fourth-order valence-corrected chi connectivity index (χ4v) is 4.26. The number of rotatable bonds is 5. The van der Waals surface area contributed by atoms with E-state index < -0.39 is 52.9 Å². The Morgan fingerprint density at radius 1 is 1.14 bits per heavy atom. The maximum atomic E-state index is 14.5. The zero-order valence-electron chi connectivity index (χ0n) is 20.1. The normalized spacial score (nSPS) is 20.3. The molecular formula is C27H26F3N3O3. The van der Waals surface area contributed by atoms with Crippen molar-refractivity contribution in [2.45, 2.75) is 51.9 Å². The number of ether oxygens (including phenoxy) is 1. The number of hydrogen-bond acceptors (Lipinski definition) is 5. The molecule has 1 saturated heterocycles. The van der Waals surface area contributed by atoms with Crippen LogP contribution in [0.5, 0.6) is 0 Å². The minimum absolute atomic E-state index is 0.233. The second-order valence-corrected chi connectivity index (χ2v) is 8.77. The Bertz CT molecular complexity index is 1310. The third-order valence-electron chi connectivity index (χ3n) is 6.24. The van der Waals surface area contributed by atoms with Gasteiger partial charge < -0.3 is 15.2 Å². The maximum absolute atomic E-state index is 14.5. The molecule has 1 aromatic carbocycles. The number of carbonyl (C=O) groups is 1. The number of halogens is 3. The fourth-order valence-electron chi connectivity index (χ4n) is 4.26. The van der Waals surface area contributed by atoms with Crippen LogP contribution in [0.1, 0.15) is 54.4 Å². The van der Waals surface area contributed by atoms with Gasteiger partial charge in [-0.25, -0.2) is 18.2 Å². The van der Waals surface area contributed by atoms with E-state index in [1.165, 1.54) is 13.1 Å². The second kappa shape index (κ2) is 10.6. The molecule has 1 fully saturated rings. The van der Waals surface area contributed by atoms with E-state index in [0.29, 0.717) is 29.7 Å². The van der Waals surface area contributed by atoms with Gasteiger partial charge in [0.05, 0.1) is 29.7 Å². The first-order valence-corrected chi connectivity index (χ1v) is 11.5. The third kappa shape index (κ3) is 5.17. The van der Waals surface area contributed by atoms with Crippen LogP contribution in [-0.2, 0) is 4.74 Å². The number of allylic oxidation sites excluding steroid dienone is 1. The van der Waals surface area contributed by atoms with E-state index in [2.05, 4.69) is 15.3 Å². The van der Waals surface area contributed by atoms with Crippen LogP contribution in [0.4, 0.5) is 18.9 Å². The molecule has 36 heavy (non-hydrogen) atoms. The third-order valence-corrected chi connectivity index (χ3v) is 6.24. The molecule has 188 valence electrons. The second-order valence-electron chi connectivity index (χ2n) is 8.77. The number of amides is 1. The molecule has 3 atom stereocenters. The Morgan fingerprint density at radius 2 is 1.86 bits per heavy atom. The topological polar surface area (TPSA) is 84.3 Å². The lowest BCUT2D eigenvalue weighted by molar-refractivity contribution is -0.101. The summed E-state index contributed by atoms with van der Waals surface area (Å²) < 4.78 is 49.6. The van der Waals surface area contributed by atoms with E-state index >= 15 is 0 Å². The summed E-state index contributed by atoms with van der Waals surface area (Å²) in [6.07, 6.45) is 4.38. The number of aliphatic hydroxyl groups excluding tert-OH is 1. The van der Waals surface area contributed by atoms with Crippen LogP contribution >= 0.6 is 0 Å². The molecule has 0 unspecified atom stereocenters. The van der Waals surface area contributed by atoms with Crippen LogP contribution in [0.15, 0.2) is 54.4 Å². The van der Waals surface area contributed by atoms with E-state index in [1.807, 2.05) is 19.9 Å². The Morgan fingerprint density at radius 3 is 2.56 bits per heavy atom. The van der Waals surface area contributed by atoms with E-state index in [1.54, 1.807) is 12.3 Å². The van der Waals surface area contributed by atoms with Crippen LogP contribution in [-0.4, -0.2) is 33.2 Å². The minimum atomic E-state index is -0.978. The van der Waals surface area contributed by atoms with E-state index in [9.17, 15) is 23.1 Å². The van der Waals surface area contributed by atoms with Gasteiger partial charge in [0.2, 0.25) is 0 Å². The summed E-state index contributed by atoms with van der Waals surface area (Å²) in [6.45, 7) is 5.25. The Hall–Kier alpha value is -3.56. The summed E-state index contributed by atoms with van der Waals surface area (Å²) in [4.78, 5) is 21.0. The highest BCUT2D eigenvalue weighted by atomic mass is 19.1. The number of benzene rings is 1. The molecule has 1 amide bonds. The molecule has 0 saturated carbocycles. The quantitative estimate of drug-likeness (QED) is 0.444. The van der Waals surface area contributed by atoms with Gasteiger partial charge in [0, 0.05) is 11.8 Å². The lowest BCUT2D eigenvalue weighted by Gasteiger charge is -2.35. The summed E-state index contributed by atoms with van der Waals surface area (Å²) >= 11 is 0. The molecule has 1 aliphatic rings. The monoisotopic (exact) mass is 497 g/mol. The fraction of sp³-hybridized carbons (Fsp3) is 0.296. The molecule has 1 aliphatic heterocycles. The highest BCUT2D eigenvalue weighted by molar-refractivity contribution is 6.03. The van der Waals surface area contributed by atoms with Gasteiger partial charge in [-0.1, -0.05) is 6.08 Å². The largest absolute Gasteiger partial charge is 0.390 e.